The lowest BCUT2D eigenvalue weighted by Gasteiger charge is -2.13. The monoisotopic (exact) mass is 504 g/mol. The lowest BCUT2D eigenvalue weighted by Crippen LogP contribution is -2.36. The first-order chi connectivity index (χ1) is 16.2. The number of carbonyl (C=O) groups excluding carboxylic acids is 4. The second-order valence-electron chi connectivity index (χ2n) is 7.08. The summed E-state index contributed by atoms with van der Waals surface area (Å²) in [5, 5.41) is 2.23. The largest absolute Gasteiger partial charge is 0.493 e. The van der Waals surface area contributed by atoms with Gasteiger partial charge in [0.25, 0.3) is 11.1 Å². The number of aryl methyl sites for hydroxylation is 1. The molecule has 0 aliphatic carbocycles. The number of imide groups is 1. The van der Waals surface area contributed by atoms with Gasteiger partial charge in [0, 0.05) is 5.69 Å². The van der Waals surface area contributed by atoms with Crippen molar-refractivity contribution in [3.63, 3.8) is 0 Å². The van der Waals surface area contributed by atoms with E-state index in [2.05, 4.69) is 10.1 Å². The minimum atomic E-state index is -0.602. The lowest BCUT2D eigenvalue weighted by molar-refractivity contribution is -0.143. The molecule has 0 atom stereocenters. The van der Waals surface area contributed by atoms with Crippen molar-refractivity contribution in [3.05, 3.63) is 57.5 Å². The Morgan fingerprint density at radius 2 is 1.85 bits per heavy atom. The molecule has 0 saturated carbocycles. The number of ether oxygens (including phenoxy) is 3. The summed E-state index contributed by atoms with van der Waals surface area (Å²) in [4.78, 5) is 49.8. The third-order valence-corrected chi connectivity index (χ3v) is 5.81. The molecule has 1 aliphatic rings. The number of nitrogens with zero attached hydrogens (tertiary/aromatic N) is 1. The van der Waals surface area contributed by atoms with Crippen LogP contribution in [-0.2, 0) is 19.1 Å². The van der Waals surface area contributed by atoms with E-state index in [0.717, 1.165) is 10.5 Å². The van der Waals surface area contributed by atoms with Crippen molar-refractivity contribution in [2.24, 2.45) is 0 Å². The first kappa shape index (κ1) is 25.1. The molecule has 3 amide bonds. The SMILES string of the molecule is COC(=O)COc1c(Cl)cc(C=C2SC(=O)N(CC(=O)Nc3ccc(C)cc3)C2=O)cc1OC. The molecule has 1 N–H and O–H groups in total. The molecule has 1 fully saturated rings. The molecule has 0 spiro atoms. The Morgan fingerprint density at radius 3 is 2.50 bits per heavy atom. The van der Waals surface area contributed by atoms with Gasteiger partial charge in [-0.3, -0.25) is 19.3 Å². The fraction of sp³-hybridized carbons (Fsp3) is 0.217. The second-order valence-corrected chi connectivity index (χ2v) is 8.48. The topological polar surface area (TPSA) is 111 Å². The molecular weight excluding hydrogens is 484 g/mol. The van der Waals surface area contributed by atoms with E-state index in [9.17, 15) is 19.2 Å². The highest BCUT2D eigenvalue weighted by Crippen LogP contribution is 2.39. The van der Waals surface area contributed by atoms with Crippen molar-refractivity contribution in [3.8, 4) is 11.5 Å². The number of halogens is 1. The van der Waals surface area contributed by atoms with Gasteiger partial charge in [0.2, 0.25) is 5.91 Å². The first-order valence-corrected chi connectivity index (χ1v) is 11.1. The quantitative estimate of drug-likeness (QED) is 0.426. The van der Waals surface area contributed by atoms with Gasteiger partial charge in [-0.2, -0.15) is 0 Å². The van der Waals surface area contributed by atoms with E-state index in [0.29, 0.717) is 23.0 Å². The summed E-state index contributed by atoms with van der Waals surface area (Å²) in [5.74, 6) is -1.34. The van der Waals surface area contributed by atoms with E-state index in [1.165, 1.54) is 32.4 Å². The minimum Gasteiger partial charge on any atom is -0.493 e. The van der Waals surface area contributed by atoms with E-state index < -0.39 is 29.6 Å². The zero-order valence-electron chi connectivity index (χ0n) is 18.5. The molecule has 0 aromatic heterocycles. The van der Waals surface area contributed by atoms with Crippen LogP contribution in [0.2, 0.25) is 5.02 Å². The van der Waals surface area contributed by atoms with Crippen LogP contribution in [0.25, 0.3) is 6.08 Å². The number of carbonyl (C=O) groups is 4. The summed E-state index contributed by atoms with van der Waals surface area (Å²) in [7, 11) is 2.62. The van der Waals surface area contributed by atoms with Gasteiger partial charge in [-0.15, -0.1) is 0 Å². The third-order valence-electron chi connectivity index (χ3n) is 4.62. The van der Waals surface area contributed by atoms with Crippen LogP contribution in [0.3, 0.4) is 0 Å². The number of thioether (sulfide) groups is 1. The molecular formula is C23H21ClN2O7S. The predicted octanol–water partition coefficient (Wildman–Crippen LogP) is 3.88. The maximum atomic E-state index is 12.8. The van der Waals surface area contributed by atoms with Gasteiger partial charge in [-0.1, -0.05) is 29.3 Å². The molecule has 34 heavy (non-hydrogen) atoms. The predicted molar refractivity (Wildman–Crippen MR) is 128 cm³/mol. The van der Waals surface area contributed by atoms with Crippen LogP contribution in [0.15, 0.2) is 41.3 Å². The summed E-state index contributed by atoms with van der Waals surface area (Å²) in [6.07, 6.45) is 1.46. The first-order valence-electron chi connectivity index (χ1n) is 9.91. The Kier molecular flexibility index (Phi) is 8.19. The molecule has 0 bridgehead atoms. The highest BCUT2D eigenvalue weighted by molar-refractivity contribution is 8.18. The van der Waals surface area contributed by atoms with E-state index in [1.807, 2.05) is 19.1 Å². The zero-order chi connectivity index (χ0) is 24.8. The van der Waals surface area contributed by atoms with E-state index >= 15 is 0 Å². The number of methoxy groups -OCH3 is 2. The van der Waals surface area contributed by atoms with Crippen molar-refractivity contribution in [2.75, 3.05) is 32.7 Å². The Hall–Kier alpha value is -3.50. The molecule has 2 aromatic carbocycles. The summed E-state index contributed by atoms with van der Waals surface area (Å²) in [5.41, 5.74) is 2.06. The van der Waals surface area contributed by atoms with Crippen LogP contribution in [-0.4, -0.2) is 55.3 Å². The average Bonchev–Trinajstić information content (AvgIpc) is 3.06. The second kappa shape index (κ2) is 11.1. The van der Waals surface area contributed by atoms with Crippen LogP contribution in [0.5, 0.6) is 11.5 Å². The van der Waals surface area contributed by atoms with Gasteiger partial charge in [0.1, 0.15) is 6.54 Å². The van der Waals surface area contributed by atoms with Crippen LogP contribution < -0.4 is 14.8 Å². The smallest absolute Gasteiger partial charge is 0.343 e. The maximum Gasteiger partial charge on any atom is 0.343 e. The molecule has 1 saturated heterocycles. The van der Waals surface area contributed by atoms with E-state index in [1.54, 1.807) is 12.1 Å². The fourth-order valence-corrected chi connectivity index (χ4v) is 4.03. The summed E-state index contributed by atoms with van der Waals surface area (Å²) in [6, 6.07) is 10.2. The van der Waals surface area contributed by atoms with Gasteiger partial charge in [-0.05, 0) is 54.6 Å². The number of rotatable bonds is 8. The number of benzene rings is 2. The highest BCUT2D eigenvalue weighted by atomic mass is 35.5. The standard InChI is InChI=1S/C23H21ClN2O7S/c1-13-4-6-15(7-5-13)25-19(27)11-26-22(29)18(34-23(26)30)10-14-8-16(24)21(17(9-14)31-2)33-12-20(28)32-3/h4-10H,11-12H2,1-3H3,(H,25,27). The Morgan fingerprint density at radius 1 is 1.15 bits per heavy atom. The number of nitrogens with one attached hydrogen (secondary N) is 1. The Labute approximate surface area is 205 Å². The summed E-state index contributed by atoms with van der Waals surface area (Å²) in [6.45, 7) is 1.14. The lowest BCUT2D eigenvalue weighted by atomic mass is 10.1. The fourth-order valence-electron chi connectivity index (χ4n) is 2.92. The van der Waals surface area contributed by atoms with Crippen molar-refractivity contribution in [1.82, 2.24) is 4.90 Å². The third kappa shape index (κ3) is 6.09. The molecule has 2 aromatic rings. The summed E-state index contributed by atoms with van der Waals surface area (Å²) >= 11 is 6.98. The van der Waals surface area contributed by atoms with Crippen LogP contribution >= 0.6 is 23.4 Å². The molecule has 11 heteroatoms. The molecule has 0 unspecified atom stereocenters. The van der Waals surface area contributed by atoms with Crippen LogP contribution in [0.1, 0.15) is 11.1 Å². The van der Waals surface area contributed by atoms with Crippen LogP contribution in [0.4, 0.5) is 10.5 Å². The van der Waals surface area contributed by atoms with Gasteiger partial charge in [0.15, 0.2) is 18.1 Å². The van der Waals surface area contributed by atoms with Gasteiger partial charge in [0.05, 0.1) is 24.1 Å². The minimum absolute atomic E-state index is 0.120. The van der Waals surface area contributed by atoms with Gasteiger partial charge >= 0.3 is 5.97 Å². The number of hydrogen-bond donors (Lipinski definition) is 1. The molecule has 1 heterocycles. The van der Waals surface area contributed by atoms with Gasteiger partial charge < -0.3 is 19.5 Å². The van der Waals surface area contributed by atoms with Crippen molar-refractivity contribution in [2.45, 2.75) is 6.92 Å². The van der Waals surface area contributed by atoms with Crippen molar-refractivity contribution in [1.29, 1.82) is 0 Å². The van der Waals surface area contributed by atoms with E-state index in [4.69, 9.17) is 21.1 Å². The molecule has 1 aliphatic heterocycles. The number of anilines is 1. The Balaban J connectivity index is 1.73. The van der Waals surface area contributed by atoms with Crippen molar-refractivity contribution >= 4 is 58.1 Å². The average molecular weight is 505 g/mol. The highest BCUT2D eigenvalue weighted by Gasteiger charge is 2.36. The maximum absolute atomic E-state index is 12.8. The Bertz CT molecular complexity index is 1160. The molecule has 0 radical (unpaired) electrons. The normalized spacial score (nSPS) is 14.4. The number of esters is 1. The summed E-state index contributed by atoms with van der Waals surface area (Å²) < 4.78 is 15.2. The van der Waals surface area contributed by atoms with E-state index in [-0.39, 0.29) is 28.0 Å². The molecule has 3 rings (SSSR count). The molecule has 178 valence electrons. The van der Waals surface area contributed by atoms with Crippen molar-refractivity contribution < 1.29 is 33.4 Å². The number of hydrogen-bond acceptors (Lipinski definition) is 8. The zero-order valence-corrected chi connectivity index (χ0v) is 20.1. The van der Waals surface area contributed by atoms with Gasteiger partial charge in [-0.25, -0.2) is 4.79 Å². The molecule has 9 nitrogen and oxygen atoms in total. The number of amides is 3. The van der Waals surface area contributed by atoms with Crippen LogP contribution in [0, 0.1) is 6.92 Å².